The fourth-order valence-corrected chi connectivity index (χ4v) is 1.85. The van der Waals surface area contributed by atoms with Crippen molar-refractivity contribution in [3.05, 3.63) is 17.7 Å². The van der Waals surface area contributed by atoms with Gasteiger partial charge in [0.1, 0.15) is 11.5 Å². The van der Waals surface area contributed by atoms with E-state index in [9.17, 15) is 4.79 Å². The average molecular weight is 236 g/mol. The van der Waals surface area contributed by atoms with E-state index in [-0.39, 0.29) is 11.3 Å². The Labute approximate surface area is 102 Å². The number of amides is 1. The van der Waals surface area contributed by atoms with Crippen molar-refractivity contribution in [3.8, 4) is 0 Å². The molecule has 0 saturated carbocycles. The number of carbonyl (C=O) groups excluding carboxylic acids is 1. The third-order valence-electron chi connectivity index (χ3n) is 2.92. The van der Waals surface area contributed by atoms with E-state index in [0.717, 1.165) is 32.0 Å². The molecule has 5 heteroatoms. The van der Waals surface area contributed by atoms with Gasteiger partial charge >= 0.3 is 0 Å². The Morgan fingerprint density at radius 3 is 2.53 bits per heavy atom. The van der Waals surface area contributed by atoms with Crippen molar-refractivity contribution >= 4 is 5.91 Å². The monoisotopic (exact) mass is 236 g/mol. The van der Waals surface area contributed by atoms with Gasteiger partial charge in [-0.1, -0.05) is 20.8 Å². The molecular weight excluding hydrogens is 216 g/mol. The summed E-state index contributed by atoms with van der Waals surface area (Å²) in [4.78, 5) is 21.4. The van der Waals surface area contributed by atoms with Crippen molar-refractivity contribution in [2.75, 3.05) is 26.2 Å². The summed E-state index contributed by atoms with van der Waals surface area (Å²) < 4.78 is 0. The van der Waals surface area contributed by atoms with Crippen molar-refractivity contribution < 1.29 is 4.79 Å². The van der Waals surface area contributed by atoms with Gasteiger partial charge in [0, 0.05) is 31.6 Å². The highest BCUT2D eigenvalue weighted by Gasteiger charge is 2.23. The minimum atomic E-state index is -0.0536. The Morgan fingerprint density at radius 2 is 2.00 bits per heavy atom. The molecule has 2 heterocycles. The molecule has 2 N–H and O–H groups in total. The minimum Gasteiger partial charge on any atom is -0.338 e. The number of H-pyrrole nitrogens is 1. The van der Waals surface area contributed by atoms with Crippen molar-refractivity contribution in [3.63, 3.8) is 0 Å². The second kappa shape index (κ2) is 4.49. The van der Waals surface area contributed by atoms with Crippen LogP contribution in [0.25, 0.3) is 0 Å². The Bertz CT molecular complexity index is 399. The van der Waals surface area contributed by atoms with Crippen LogP contribution in [0.1, 0.15) is 37.1 Å². The highest BCUT2D eigenvalue weighted by molar-refractivity contribution is 5.92. The SMILES string of the molecule is CC(C)(C)c1ncc(C(=O)N2CCNCC2)[nH]1. The van der Waals surface area contributed by atoms with Crippen LogP contribution in [-0.4, -0.2) is 47.0 Å². The summed E-state index contributed by atoms with van der Waals surface area (Å²) in [5.74, 6) is 0.908. The number of carbonyl (C=O) groups is 1. The molecule has 0 radical (unpaired) electrons. The number of piperazine rings is 1. The van der Waals surface area contributed by atoms with Gasteiger partial charge in [0.15, 0.2) is 0 Å². The van der Waals surface area contributed by atoms with Gasteiger partial charge in [0.2, 0.25) is 0 Å². The predicted octanol–water partition coefficient (Wildman–Crippen LogP) is 0.753. The Kier molecular flexibility index (Phi) is 3.19. The highest BCUT2D eigenvalue weighted by atomic mass is 16.2. The molecule has 5 nitrogen and oxygen atoms in total. The van der Waals surface area contributed by atoms with Crippen LogP contribution in [0.4, 0.5) is 0 Å². The van der Waals surface area contributed by atoms with Gasteiger partial charge in [-0.25, -0.2) is 4.98 Å². The lowest BCUT2D eigenvalue weighted by Gasteiger charge is -2.26. The molecule has 1 aliphatic heterocycles. The van der Waals surface area contributed by atoms with Crippen LogP contribution in [-0.2, 0) is 5.41 Å². The van der Waals surface area contributed by atoms with E-state index < -0.39 is 0 Å². The maximum Gasteiger partial charge on any atom is 0.272 e. The first kappa shape index (κ1) is 12.1. The van der Waals surface area contributed by atoms with Gasteiger partial charge in [-0.05, 0) is 0 Å². The molecule has 94 valence electrons. The summed E-state index contributed by atoms with van der Waals surface area (Å²) in [5.41, 5.74) is 0.541. The summed E-state index contributed by atoms with van der Waals surface area (Å²) in [5, 5.41) is 3.23. The lowest BCUT2D eigenvalue weighted by Crippen LogP contribution is -2.46. The molecule has 0 unspecified atom stereocenters. The minimum absolute atomic E-state index is 0.0505. The number of hydrogen-bond acceptors (Lipinski definition) is 3. The fourth-order valence-electron chi connectivity index (χ4n) is 1.85. The first-order chi connectivity index (χ1) is 7.98. The molecule has 17 heavy (non-hydrogen) atoms. The van der Waals surface area contributed by atoms with Crippen molar-refractivity contribution in [1.82, 2.24) is 20.2 Å². The van der Waals surface area contributed by atoms with Gasteiger partial charge in [0.25, 0.3) is 5.91 Å². The van der Waals surface area contributed by atoms with E-state index in [4.69, 9.17) is 0 Å². The zero-order valence-electron chi connectivity index (χ0n) is 10.7. The third kappa shape index (κ3) is 2.66. The zero-order chi connectivity index (χ0) is 12.5. The van der Waals surface area contributed by atoms with Crippen LogP contribution >= 0.6 is 0 Å². The Morgan fingerprint density at radius 1 is 1.35 bits per heavy atom. The van der Waals surface area contributed by atoms with Crippen LogP contribution in [0.15, 0.2) is 6.20 Å². The standard InChI is InChI=1S/C12H20N4O/c1-12(2,3)11-14-8-9(15-11)10(17)16-6-4-13-5-7-16/h8,13H,4-7H2,1-3H3,(H,14,15). The first-order valence-electron chi connectivity index (χ1n) is 6.04. The summed E-state index contributed by atoms with van der Waals surface area (Å²) >= 11 is 0. The molecule has 2 rings (SSSR count). The molecule has 1 saturated heterocycles. The molecule has 1 amide bonds. The van der Waals surface area contributed by atoms with Crippen LogP contribution in [0.3, 0.4) is 0 Å². The Hall–Kier alpha value is -1.36. The van der Waals surface area contributed by atoms with E-state index >= 15 is 0 Å². The summed E-state index contributed by atoms with van der Waals surface area (Å²) in [7, 11) is 0. The number of hydrogen-bond donors (Lipinski definition) is 2. The number of rotatable bonds is 1. The van der Waals surface area contributed by atoms with Crippen molar-refractivity contribution in [2.45, 2.75) is 26.2 Å². The van der Waals surface area contributed by atoms with Crippen molar-refractivity contribution in [1.29, 1.82) is 0 Å². The molecule has 0 bridgehead atoms. The maximum atomic E-state index is 12.2. The van der Waals surface area contributed by atoms with Gasteiger partial charge < -0.3 is 15.2 Å². The van der Waals surface area contributed by atoms with Gasteiger partial charge in [0.05, 0.1) is 6.20 Å². The molecule has 0 aromatic carbocycles. The van der Waals surface area contributed by atoms with E-state index in [0.29, 0.717) is 5.69 Å². The normalized spacial score (nSPS) is 17.2. The topological polar surface area (TPSA) is 61.0 Å². The highest BCUT2D eigenvalue weighted by Crippen LogP contribution is 2.18. The van der Waals surface area contributed by atoms with Crippen molar-refractivity contribution in [2.24, 2.45) is 0 Å². The average Bonchev–Trinajstić information content (AvgIpc) is 2.78. The van der Waals surface area contributed by atoms with Crippen LogP contribution in [0.2, 0.25) is 0 Å². The van der Waals surface area contributed by atoms with Gasteiger partial charge in [-0.3, -0.25) is 4.79 Å². The largest absolute Gasteiger partial charge is 0.338 e. The van der Waals surface area contributed by atoms with Crippen LogP contribution in [0.5, 0.6) is 0 Å². The van der Waals surface area contributed by atoms with Crippen LogP contribution < -0.4 is 5.32 Å². The number of nitrogens with one attached hydrogen (secondary N) is 2. The predicted molar refractivity (Wildman–Crippen MR) is 66.1 cm³/mol. The van der Waals surface area contributed by atoms with E-state index in [1.165, 1.54) is 0 Å². The molecular formula is C12H20N4O. The molecule has 0 spiro atoms. The summed E-state index contributed by atoms with van der Waals surface area (Å²) in [6.07, 6.45) is 1.64. The smallest absolute Gasteiger partial charge is 0.272 e. The van der Waals surface area contributed by atoms with E-state index in [1.807, 2.05) is 4.90 Å². The Balaban J connectivity index is 2.11. The van der Waals surface area contributed by atoms with Crippen LogP contribution in [0, 0.1) is 0 Å². The number of aromatic nitrogens is 2. The second-order valence-corrected chi connectivity index (χ2v) is 5.44. The molecule has 0 aliphatic carbocycles. The second-order valence-electron chi connectivity index (χ2n) is 5.44. The van der Waals surface area contributed by atoms with Gasteiger partial charge in [-0.15, -0.1) is 0 Å². The lowest BCUT2D eigenvalue weighted by atomic mass is 9.96. The lowest BCUT2D eigenvalue weighted by molar-refractivity contribution is 0.0730. The molecule has 1 fully saturated rings. The maximum absolute atomic E-state index is 12.2. The molecule has 0 atom stereocenters. The fraction of sp³-hybridized carbons (Fsp3) is 0.667. The zero-order valence-corrected chi connectivity index (χ0v) is 10.7. The molecule has 1 aliphatic rings. The molecule has 1 aromatic rings. The van der Waals surface area contributed by atoms with E-state index in [1.54, 1.807) is 6.20 Å². The molecule has 1 aromatic heterocycles. The summed E-state index contributed by atoms with van der Waals surface area (Å²) in [6, 6.07) is 0. The first-order valence-corrected chi connectivity index (χ1v) is 6.04. The summed E-state index contributed by atoms with van der Waals surface area (Å²) in [6.45, 7) is 9.49. The number of aromatic amines is 1. The third-order valence-corrected chi connectivity index (χ3v) is 2.92. The number of imidazole rings is 1. The van der Waals surface area contributed by atoms with E-state index in [2.05, 4.69) is 36.1 Å². The van der Waals surface area contributed by atoms with Gasteiger partial charge in [-0.2, -0.15) is 0 Å². The number of nitrogens with zero attached hydrogens (tertiary/aromatic N) is 2. The quantitative estimate of drug-likeness (QED) is 0.756.